The van der Waals surface area contributed by atoms with Gasteiger partial charge >= 0.3 is 0 Å². The van der Waals surface area contributed by atoms with Crippen molar-refractivity contribution < 1.29 is 9.13 Å². The lowest BCUT2D eigenvalue weighted by Gasteiger charge is -2.29. The average molecular weight is 406 g/mol. The lowest BCUT2D eigenvalue weighted by atomic mass is 9.93. The highest BCUT2D eigenvalue weighted by Gasteiger charge is 2.27. The molecule has 154 valence electrons. The van der Waals surface area contributed by atoms with E-state index >= 15 is 0 Å². The molecule has 0 unspecified atom stereocenters. The molecule has 0 aliphatic heterocycles. The minimum Gasteiger partial charge on any atom is -0.490 e. The molecule has 1 aromatic carbocycles. The molecule has 3 heterocycles. The number of aromatic nitrogens is 5. The highest BCUT2D eigenvalue weighted by atomic mass is 19.1. The SMILES string of the molecule is Cn1cc(-c2nn(C3CCC(Oc4ccc(F)cc4)CC3)c3cc(N)ncc23)cn1. The van der Waals surface area contributed by atoms with E-state index in [9.17, 15) is 4.39 Å². The fourth-order valence-corrected chi connectivity index (χ4v) is 4.20. The highest BCUT2D eigenvalue weighted by molar-refractivity contribution is 5.93. The summed E-state index contributed by atoms with van der Waals surface area (Å²) in [5.74, 6) is 0.937. The minimum atomic E-state index is -0.255. The smallest absolute Gasteiger partial charge is 0.125 e. The summed E-state index contributed by atoms with van der Waals surface area (Å²) in [6.45, 7) is 0. The molecule has 3 aromatic heterocycles. The van der Waals surface area contributed by atoms with Crippen LogP contribution in [0, 0.1) is 5.82 Å². The van der Waals surface area contributed by atoms with Crippen LogP contribution in [-0.2, 0) is 7.05 Å². The van der Waals surface area contributed by atoms with Crippen LogP contribution in [0.5, 0.6) is 5.75 Å². The Labute approximate surface area is 173 Å². The summed E-state index contributed by atoms with van der Waals surface area (Å²) >= 11 is 0. The number of hydrogen-bond acceptors (Lipinski definition) is 5. The summed E-state index contributed by atoms with van der Waals surface area (Å²) in [6.07, 6.45) is 9.39. The number of hydrogen-bond donors (Lipinski definition) is 1. The average Bonchev–Trinajstić information content (AvgIpc) is 3.33. The zero-order valence-electron chi connectivity index (χ0n) is 16.7. The summed E-state index contributed by atoms with van der Waals surface area (Å²) in [6, 6.07) is 8.36. The van der Waals surface area contributed by atoms with Gasteiger partial charge in [-0.25, -0.2) is 9.37 Å². The van der Waals surface area contributed by atoms with Crippen LogP contribution in [0.3, 0.4) is 0 Å². The van der Waals surface area contributed by atoms with Crippen molar-refractivity contribution in [2.24, 2.45) is 7.05 Å². The van der Waals surface area contributed by atoms with E-state index < -0.39 is 0 Å². The number of rotatable bonds is 4. The van der Waals surface area contributed by atoms with Crippen molar-refractivity contribution in [2.45, 2.75) is 37.8 Å². The Bertz CT molecular complexity index is 1170. The number of pyridine rings is 1. The van der Waals surface area contributed by atoms with E-state index in [1.54, 1.807) is 23.0 Å². The monoisotopic (exact) mass is 406 g/mol. The molecule has 1 saturated carbocycles. The van der Waals surface area contributed by atoms with Gasteiger partial charge in [0.15, 0.2) is 0 Å². The number of benzene rings is 1. The first-order valence-electron chi connectivity index (χ1n) is 10.1. The second kappa shape index (κ2) is 7.44. The fraction of sp³-hybridized carbons (Fsp3) is 0.318. The Morgan fingerprint density at radius 3 is 2.57 bits per heavy atom. The lowest BCUT2D eigenvalue weighted by molar-refractivity contribution is 0.131. The molecule has 0 atom stereocenters. The van der Waals surface area contributed by atoms with Gasteiger partial charge in [-0.05, 0) is 49.9 Å². The normalized spacial score (nSPS) is 19.3. The summed E-state index contributed by atoms with van der Waals surface area (Å²) in [5, 5.41) is 10.2. The van der Waals surface area contributed by atoms with Crippen LogP contribution in [0.2, 0.25) is 0 Å². The molecular weight excluding hydrogens is 383 g/mol. The number of halogens is 1. The van der Waals surface area contributed by atoms with Crippen LogP contribution < -0.4 is 10.5 Å². The molecule has 0 radical (unpaired) electrons. The maximum Gasteiger partial charge on any atom is 0.125 e. The third-order valence-electron chi connectivity index (χ3n) is 5.70. The zero-order valence-corrected chi connectivity index (χ0v) is 16.7. The fourth-order valence-electron chi connectivity index (χ4n) is 4.20. The van der Waals surface area contributed by atoms with Crippen LogP contribution in [0.4, 0.5) is 10.2 Å². The maximum absolute atomic E-state index is 13.1. The van der Waals surface area contributed by atoms with Crippen molar-refractivity contribution in [2.75, 3.05) is 5.73 Å². The molecule has 0 spiro atoms. The van der Waals surface area contributed by atoms with Crippen molar-refractivity contribution >= 4 is 16.7 Å². The van der Waals surface area contributed by atoms with Crippen LogP contribution in [-0.4, -0.2) is 30.6 Å². The van der Waals surface area contributed by atoms with Gasteiger partial charge < -0.3 is 10.5 Å². The highest BCUT2D eigenvalue weighted by Crippen LogP contribution is 2.36. The van der Waals surface area contributed by atoms with Crippen molar-refractivity contribution in [3.8, 4) is 17.0 Å². The Hall–Kier alpha value is -3.42. The van der Waals surface area contributed by atoms with Crippen LogP contribution in [0.1, 0.15) is 31.7 Å². The summed E-state index contributed by atoms with van der Waals surface area (Å²) < 4.78 is 23.0. The molecule has 0 bridgehead atoms. The first-order chi connectivity index (χ1) is 14.6. The minimum absolute atomic E-state index is 0.123. The summed E-state index contributed by atoms with van der Waals surface area (Å²) in [5.41, 5.74) is 8.80. The zero-order chi connectivity index (χ0) is 20.7. The second-order valence-electron chi connectivity index (χ2n) is 7.82. The van der Waals surface area contributed by atoms with Gasteiger partial charge in [0.1, 0.15) is 23.1 Å². The van der Waals surface area contributed by atoms with Crippen molar-refractivity contribution in [3.05, 3.63) is 54.7 Å². The van der Waals surface area contributed by atoms with Crippen LogP contribution >= 0.6 is 0 Å². The van der Waals surface area contributed by atoms with E-state index in [0.717, 1.165) is 47.8 Å². The van der Waals surface area contributed by atoms with Gasteiger partial charge in [0.2, 0.25) is 0 Å². The number of nitrogens with two attached hydrogens (primary N) is 1. The second-order valence-corrected chi connectivity index (χ2v) is 7.82. The van der Waals surface area contributed by atoms with Crippen LogP contribution in [0.15, 0.2) is 48.9 Å². The molecule has 30 heavy (non-hydrogen) atoms. The third kappa shape index (κ3) is 3.49. The molecule has 4 aromatic rings. The first kappa shape index (κ1) is 18.6. The summed E-state index contributed by atoms with van der Waals surface area (Å²) in [7, 11) is 1.89. The number of nitrogen functional groups attached to an aromatic ring is 1. The third-order valence-corrected chi connectivity index (χ3v) is 5.70. The lowest BCUT2D eigenvalue weighted by Crippen LogP contribution is -2.26. The Balaban J connectivity index is 1.39. The van der Waals surface area contributed by atoms with Gasteiger partial charge in [-0.3, -0.25) is 9.36 Å². The molecule has 1 aliphatic rings. The Morgan fingerprint density at radius 2 is 1.87 bits per heavy atom. The van der Waals surface area contributed by atoms with Gasteiger partial charge in [0.25, 0.3) is 0 Å². The van der Waals surface area contributed by atoms with Crippen molar-refractivity contribution in [3.63, 3.8) is 0 Å². The van der Waals surface area contributed by atoms with Crippen LogP contribution in [0.25, 0.3) is 22.2 Å². The molecule has 2 N–H and O–H groups in total. The maximum atomic E-state index is 13.1. The van der Waals surface area contributed by atoms with E-state index in [-0.39, 0.29) is 18.0 Å². The molecule has 8 heteroatoms. The number of aryl methyl sites for hydroxylation is 1. The largest absolute Gasteiger partial charge is 0.490 e. The molecule has 0 amide bonds. The van der Waals surface area contributed by atoms with Gasteiger partial charge in [0, 0.05) is 36.5 Å². The van der Waals surface area contributed by atoms with E-state index in [1.807, 2.05) is 25.5 Å². The number of ether oxygens (including phenoxy) is 1. The van der Waals surface area contributed by atoms with Gasteiger partial charge in [-0.1, -0.05) is 0 Å². The Morgan fingerprint density at radius 1 is 1.10 bits per heavy atom. The number of fused-ring (bicyclic) bond motifs is 1. The van der Waals surface area contributed by atoms with E-state index in [1.165, 1.54) is 12.1 Å². The van der Waals surface area contributed by atoms with E-state index in [0.29, 0.717) is 11.6 Å². The molecule has 1 aliphatic carbocycles. The topological polar surface area (TPSA) is 83.8 Å². The van der Waals surface area contributed by atoms with Gasteiger partial charge in [-0.15, -0.1) is 0 Å². The quantitative estimate of drug-likeness (QED) is 0.551. The number of anilines is 1. The molecule has 0 saturated heterocycles. The Kier molecular flexibility index (Phi) is 4.61. The predicted molar refractivity (Wildman–Crippen MR) is 112 cm³/mol. The van der Waals surface area contributed by atoms with Crippen molar-refractivity contribution in [1.82, 2.24) is 24.5 Å². The predicted octanol–water partition coefficient (Wildman–Crippen LogP) is 4.12. The van der Waals surface area contributed by atoms with E-state index in [4.69, 9.17) is 15.6 Å². The van der Waals surface area contributed by atoms with Crippen molar-refractivity contribution in [1.29, 1.82) is 0 Å². The molecular formula is C22H23FN6O. The van der Waals surface area contributed by atoms with Gasteiger partial charge in [-0.2, -0.15) is 10.2 Å². The first-order valence-corrected chi connectivity index (χ1v) is 10.1. The molecule has 7 nitrogen and oxygen atoms in total. The van der Waals surface area contributed by atoms with E-state index in [2.05, 4.69) is 14.8 Å². The number of nitrogens with zero attached hydrogens (tertiary/aromatic N) is 5. The standard InChI is InChI=1S/C22H23FN6O/c1-28-13-14(11-26-28)22-19-12-25-21(24)10-20(19)29(27-22)16-4-8-18(9-5-16)30-17-6-2-15(23)3-7-17/h2-3,6-7,10-13,16,18H,4-5,8-9H2,1H3,(H2,24,25). The van der Waals surface area contributed by atoms with Gasteiger partial charge in [0.05, 0.1) is 23.9 Å². The molecule has 5 rings (SSSR count). The molecule has 1 fully saturated rings. The summed E-state index contributed by atoms with van der Waals surface area (Å²) in [4.78, 5) is 4.27.